The average Bonchev–Trinajstić information content (AvgIpc) is 2.81. The molecule has 3 N–H and O–H groups in total. The molecule has 1 fully saturated rings. The van der Waals surface area contributed by atoms with Gasteiger partial charge in [-0.25, -0.2) is 0 Å². The molecular weight excluding hydrogens is 465 g/mol. The quantitative estimate of drug-likeness (QED) is 0.479. The summed E-state index contributed by atoms with van der Waals surface area (Å²) in [5.41, 5.74) is 0.403. The maximum absolute atomic E-state index is 12.6. The predicted octanol–water partition coefficient (Wildman–Crippen LogP) is 4.20. The van der Waals surface area contributed by atoms with Crippen molar-refractivity contribution in [3.63, 3.8) is 0 Å². The molecule has 0 atom stereocenters. The van der Waals surface area contributed by atoms with Gasteiger partial charge in [0.15, 0.2) is 0 Å². The number of carbonyl (C=O) groups is 3. The molecular formula is C25H27F3N2O5. The van der Waals surface area contributed by atoms with Gasteiger partial charge in [0.2, 0.25) is 0 Å². The lowest BCUT2D eigenvalue weighted by Crippen LogP contribution is -2.35. The summed E-state index contributed by atoms with van der Waals surface area (Å²) in [6.07, 6.45) is -2.04. The van der Waals surface area contributed by atoms with Crippen LogP contribution < -0.4 is 15.4 Å². The Hall–Kier alpha value is -3.56. The van der Waals surface area contributed by atoms with Gasteiger partial charge in [0.25, 0.3) is 11.8 Å². The Morgan fingerprint density at radius 3 is 2.09 bits per heavy atom. The third kappa shape index (κ3) is 7.21. The van der Waals surface area contributed by atoms with Crippen LogP contribution in [0.1, 0.15) is 57.5 Å². The van der Waals surface area contributed by atoms with Crippen molar-refractivity contribution in [3.8, 4) is 5.75 Å². The number of ether oxygens (including phenoxy) is 1. The second-order valence-corrected chi connectivity index (χ2v) is 8.49. The van der Waals surface area contributed by atoms with Crippen molar-refractivity contribution in [2.24, 2.45) is 5.92 Å². The molecule has 0 aliphatic heterocycles. The number of nitrogens with one attached hydrogen (secondary N) is 2. The number of aryl methyl sites for hydroxylation is 1. The minimum Gasteiger partial charge on any atom is -0.490 e. The fourth-order valence-electron chi connectivity index (χ4n) is 3.94. The Kier molecular flexibility index (Phi) is 8.37. The summed E-state index contributed by atoms with van der Waals surface area (Å²) >= 11 is 0. The summed E-state index contributed by atoms with van der Waals surface area (Å²) in [4.78, 5) is 35.6. The van der Waals surface area contributed by atoms with Gasteiger partial charge in [0.05, 0.1) is 17.6 Å². The molecule has 10 heteroatoms. The SMILES string of the molecule is Cc1cc(O[C@H]2CC[C@@H](C(=O)O)CC2)ccc1C(=O)NCCNC(=O)c1ccc(C(F)(F)F)cc1. The van der Waals surface area contributed by atoms with Crippen molar-refractivity contribution in [3.05, 3.63) is 64.7 Å². The van der Waals surface area contributed by atoms with Crippen molar-refractivity contribution in [2.45, 2.75) is 44.9 Å². The van der Waals surface area contributed by atoms with E-state index in [4.69, 9.17) is 9.84 Å². The highest BCUT2D eigenvalue weighted by atomic mass is 19.4. The summed E-state index contributed by atoms with van der Waals surface area (Å²) in [6, 6.07) is 8.97. The van der Waals surface area contributed by atoms with Gasteiger partial charge in [-0.2, -0.15) is 13.2 Å². The first-order chi connectivity index (χ1) is 16.5. The van der Waals surface area contributed by atoms with E-state index in [0.717, 1.165) is 24.3 Å². The largest absolute Gasteiger partial charge is 0.490 e. The molecule has 0 bridgehead atoms. The molecule has 0 heterocycles. The van der Waals surface area contributed by atoms with Crippen molar-refractivity contribution >= 4 is 17.8 Å². The molecule has 0 unspecified atom stereocenters. The van der Waals surface area contributed by atoms with Crippen molar-refractivity contribution in [2.75, 3.05) is 13.1 Å². The standard InChI is InChI=1S/C25H27F3N2O5/c1-15-14-20(35-19-8-4-17(5-9-19)24(33)34)10-11-21(15)23(32)30-13-12-29-22(31)16-2-6-18(7-3-16)25(26,27)28/h2-3,6-7,10-11,14,17,19H,4-5,8-9,12-13H2,1H3,(H,29,31)(H,30,32)(H,33,34)/t17-,19+. The highest BCUT2D eigenvalue weighted by Crippen LogP contribution is 2.30. The summed E-state index contributed by atoms with van der Waals surface area (Å²) in [5, 5.41) is 14.3. The number of alkyl halides is 3. The number of halogens is 3. The zero-order valence-electron chi connectivity index (χ0n) is 19.2. The van der Waals surface area contributed by atoms with Crippen LogP contribution in [0.25, 0.3) is 0 Å². The second-order valence-electron chi connectivity index (χ2n) is 8.49. The molecule has 1 aliphatic rings. The number of rotatable bonds is 8. The maximum Gasteiger partial charge on any atom is 0.416 e. The Morgan fingerprint density at radius 2 is 1.54 bits per heavy atom. The molecule has 1 saturated carbocycles. The number of carbonyl (C=O) groups excluding carboxylic acids is 2. The summed E-state index contributed by atoms with van der Waals surface area (Å²) in [6.45, 7) is 2.01. The normalized spacial score (nSPS) is 17.9. The lowest BCUT2D eigenvalue weighted by atomic mass is 9.87. The van der Waals surface area contributed by atoms with E-state index in [-0.39, 0.29) is 36.6 Å². The van der Waals surface area contributed by atoms with Crippen LogP contribution in [0.3, 0.4) is 0 Å². The maximum atomic E-state index is 12.6. The van der Waals surface area contributed by atoms with Crippen LogP contribution in [0.15, 0.2) is 42.5 Å². The van der Waals surface area contributed by atoms with Gasteiger partial charge in [-0.15, -0.1) is 0 Å². The average molecular weight is 492 g/mol. The molecule has 2 aromatic carbocycles. The van der Waals surface area contributed by atoms with E-state index >= 15 is 0 Å². The van der Waals surface area contributed by atoms with E-state index in [1.165, 1.54) is 0 Å². The second kappa shape index (κ2) is 11.2. The fourth-order valence-corrected chi connectivity index (χ4v) is 3.94. The lowest BCUT2D eigenvalue weighted by molar-refractivity contribution is -0.143. The van der Waals surface area contributed by atoms with E-state index in [1.54, 1.807) is 25.1 Å². The van der Waals surface area contributed by atoms with Crippen molar-refractivity contribution in [1.29, 1.82) is 0 Å². The third-order valence-corrected chi connectivity index (χ3v) is 5.94. The molecule has 2 amide bonds. The minimum atomic E-state index is -4.47. The molecule has 7 nitrogen and oxygen atoms in total. The van der Waals surface area contributed by atoms with Gasteiger partial charge < -0.3 is 20.5 Å². The van der Waals surface area contributed by atoms with E-state index in [9.17, 15) is 27.6 Å². The highest BCUT2D eigenvalue weighted by molar-refractivity contribution is 5.96. The first-order valence-corrected chi connectivity index (χ1v) is 11.3. The molecule has 35 heavy (non-hydrogen) atoms. The number of hydrogen-bond acceptors (Lipinski definition) is 4. The number of amides is 2. The summed E-state index contributed by atoms with van der Waals surface area (Å²) < 4.78 is 43.8. The van der Waals surface area contributed by atoms with Crippen LogP contribution in [-0.4, -0.2) is 42.1 Å². The number of hydrogen-bond donors (Lipinski definition) is 3. The Bertz CT molecular complexity index is 1060. The van der Waals surface area contributed by atoms with Crippen LogP contribution in [0.2, 0.25) is 0 Å². The van der Waals surface area contributed by atoms with Crippen molar-refractivity contribution < 1.29 is 37.4 Å². The van der Waals surface area contributed by atoms with Crippen molar-refractivity contribution in [1.82, 2.24) is 10.6 Å². The molecule has 2 aromatic rings. The fraction of sp³-hybridized carbons (Fsp3) is 0.400. The number of aliphatic carboxylic acids is 1. The van der Waals surface area contributed by atoms with E-state index < -0.39 is 23.6 Å². The van der Waals surface area contributed by atoms with E-state index in [1.807, 2.05) is 0 Å². The summed E-state index contributed by atoms with van der Waals surface area (Å²) in [7, 11) is 0. The highest BCUT2D eigenvalue weighted by Gasteiger charge is 2.30. The molecule has 3 rings (SSSR count). The van der Waals surface area contributed by atoms with Crippen LogP contribution in [0.4, 0.5) is 13.2 Å². The topological polar surface area (TPSA) is 105 Å². The molecule has 0 aromatic heterocycles. The Labute approximate surface area is 200 Å². The third-order valence-electron chi connectivity index (χ3n) is 5.94. The smallest absolute Gasteiger partial charge is 0.416 e. The van der Waals surface area contributed by atoms with Crippen LogP contribution in [-0.2, 0) is 11.0 Å². The molecule has 1 aliphatic carbocycles. The minimum absolute atomic E-state index is 0.0575. The number of carboxylic acid groups (broad SMARTS) is 1. The van der Waals surface area contributed by atoms with Crippen LogP contribution in [0, 0.1) is 12.8 Å². The van der Waals surface area contributed by atoms with E-state index in [2.05, 4.69) is 10.6 Å². The molecule has 0 spiro atoms. The van der Waals surface area contributed by atoms with E-state index in [0.29, 0.717) is 42.6 Å². The Balaban J connectivity index is 1.43. The lowest BCUT2D eigenvalue weighted by Gasteiger charge is -2.27. The van der Waals surface area contributed by atoms with Gasteiger partial charge >= 0.3 is 12.1 Å². The van der Waals surface area contributed by atoms with Gasteiger partial charge in [-0.1, -0.05) is 0 Å². The molecule has 0 saturated heterocycles. The van der Waals surface area contributed by atoms with Gasteiger partial charge in [-0.3, -0.25) is 14.4 Å². The molecule has 188 valence electrons. The monoisotopic (exact) mass is 492 g/mol. The zero-order valence-corrected chi connectivity index (χ0v) is 19.2. The first kappa shape index (κ1) is 26.1. The predicted molar refractivity (Wildman–Crippen MR) is 121 cm³/mol. The number of benzene rings is 2. The first-order valence-electron chi connectivity index (χ1n) is 11.3. The number of carboxylic acids is 1. The van der Waals surface area contributed by atoms with Gasteiger partial charge in [0.1, 0.15) is 5.75 Å². The van der Waals surface area contributed by atoms with Gasteiger partial charge in [0, 0.05) is 24.2 Å². The van der Waals surface area contributed by atoms with Crippen LogP contribution >= 0.6 is 0 Å². The zero-order chi connectivity index (χ0) is 25.6. The molecule has 0 radical (unpaired) electrons. The Morgan fingerprint density at radius 1 is 0.943 bits per heavy atom. The van der Waals surface area contributed by atoms with Crippen LogP contribution in [0.5, 0.6) is 5.75 Å². The van der Waals surface area contributed by atoms with Gasteiger partial charge in [-0.05, 0) is 80.6 Å². The summed E-state index contributed by atoms with van der Waals surface area (Å²) in [5.74, 6) is -1.35.